The summed E-state index contributed by atoms with van der Waals surface area (Å²) in [5.41, 5.74) is 3.07. The van der Waals surface area contributed by atoms with Crippen molar-refractivity contribution in [2.24, 2.45) is 0 Å². The highest BCUT2D eigenvalue weighted by atomic mass is 32.2. The molecule has 0 radical (unpaired) electrons. The standard InChI is InChI=1S/C21H25N3O5S/c1-13-9-14(2)20(15(3)10-13)30(25,26)24(4)12-19-22-23-21(29-19)16-7-8-17(27-5)18(11-16)28-6/h7-11H,12H2,1-6H3. The molecule has 0 fully saturated rings. The lowest BCUT2D eigenvalue weighted by molar-refractivity contribution is 0.355. The maximum atomic E-state index is 13.1. The van der Waals surface area contributed by atoms with Crippen molar-refractivity contribution in [3.8, 4) is 23.0 Å². The first-order chi connectivity index (χ1) is 14.2. The van der Waals surface area contributed by atoms with Crippen molar-refractivity contribution in [1.29, 1.82) is 0 Å². The molecule has 0 aliphatic heterocycles. The Balaban J connectivity index is 1.86. The monoisotopic (exact) mass is 431 g/mol. The van der Waals surface area contributed by atoms with E-state index in [1.807, 2.05) is 19.1 Å². The molecule has 9 heteroatoms. The van der Waals surface area contributed by atoms with Crippen LogP contribution in [0.1, 0.15) is 22.6 Å². The Labute approximate surface area is 176 Å². The molecule has 8 nitrogen and oxygen atoms in total. The summed E-state index contributed by atoms with van der Waals surface area (Å²) < 4.78 is 43.7. The minimum absolute atomic E-state index is 0.0463. The Kier molecular flexibility index (Phi) is 6.14. The lowest BCUT2D eigenvalue weighted by Gasteiger charge is -2.19. The number of aromatic nitrogens is 2. The van der Waals surface area contributed by atoms with Crippen LogP contribution in [0.2, 0.25) is 0 Å². The minimum Gasteiger partial charge on any atom is -0.493 e. The van der Waals surface area contributed by atoms with Crippen molar-refractivity contribution >= 4 is 10.0 Å². The van der Waals surface area contributed by atoms with Gasteiger partial charge in [0.15, 0.2) is 11.5 Å². The molecule has 0 aliphatic rings. The van der Waals surface area contributed by atoms with Gasteiger partial charge in [0.1, 0.15) is 0 Å². The highest BCUT2D eigenvalue weighted by Gasteiger charge is 2.26. The van der Waals surface area contributed by atoms with E-state index in [9.17, 15) is 8.42 Å². The van der Waals surface area contributed by atoms with Crippen LogP contribution in [0.25, 0.3) is 11.5 Å². The molecule has 0 unspecified atom stereocenters. The van der Waals surface area contributed by atoms with Crippen molar-refractivity contribution in [1.82, 2.24) is 14.5 Å². The van der Waals surface area contributed by atoms with Gasteiger partial charge >= 0.3 is 0 Å². The van der Waals surface area contributed by atoms with Gasteiger partial charge in [-0.15, -0.1) is 10.2 Å². The maximum absolute atomic E-state index is 13.1. The van der Waals surface area contributed by atoms with Crippen LogP contribution < -0.4 is 9.47 Å². The number of rotatable bonds is 7. The maximum Gasteiger partial charge on any atom is 0.247 e. The number of ether oxygens (including phenoxy) is 2. The second kappa shape index (κ2) is 8.45. The van der Waals surface area contributed by atoms with Gasteiger partial charge in [-0.05, 0) is 50.1 Å². The molecule has 0 aliphatic carbocycles. The minimum atomic E-state index is -3.72. The highest BCUT2D eigenvalue weighted by molar-refractivity contribution is 7.89. The smallest absolute Gasteiger partial charge is 0.247 e. The molecule has 0 atom stereocenters. The van der Waals surface area contributed by atoms with Crippen molar-refractivity contribution in [2.75, 3.05) is 21.3 Å². The Morgan fingerprint density at radius 2 is 1.60 bits per heavy atom. The average molecular weight is 432 g/mol. The fourth-order valence-corrected chi connectivity index (χ4v) is 4.93. The summed E-state index contributed by atoms with van der Waals surface area (Å²) in [5.74, 6) is 1.56. The van der Waals surface area contributed by atoms with E-state index in [1.54, 1.807) is 39.2 Å². The summed E-state index contributed by atoms with van der Waals surface area (Å²) in [6, 6.07) is 8.93. The molecule has 0 spiro atoms. The first-order valence-electron chi connectivity index (χ1n) is 9.26. The summed E-state index contributed by atoms with van der Waals surface area (Å²) in [4.78, 5) is 0.301. The van der Waals surface area contributed by atoms with Crippen molar-refractivity contribution in [3.63, 3.8) is 0 Å². The average Bonchev–Trinajstić information content (AvgIpc) is 3.14. The molecule has 3 rings (SSSR count). The van der Waals surface area contributed by atoms with E-state index < -0.39 is 10.0 Å². The molecule has 0 bridgehead atoms. The number of hydrogen-bond donors (Lipinski definition) is 0. The van der Waals surface area contributed by atoms with Crippen LogP contribution in [0.4, 0.5) is 0 Å². The molecule has 0 N–H and O–H groups in total. The zero-order chi connectivity index (χ0) is 22.1. The SMILES string of the molecule is COc1ccc(-c2nnc(CN(C)S(=O)(=O)c3c(C)cc(C)cc3C)o2)cc1OC. The molecule has 3 aromatic rings. The highest BCUT2D eigenvalue weighted by Crippen LogP contribution is 2.32. The van der Waals surface area contributed by atoms with E-state index >= 15 is 0 Å². The molecule has 30 heavy (non-hydrogen) atoms. The van der Waals surface area contributed by atoms with E-state index in [4.69, 9.17) is 13.9 Å². The number of hydrogen-bond acceptors (Lipinski definition) is 7. The largest absolute Gasteiger partial charge is 0.493 e. The number of aryl methyl sites for hydroxylation is 3. The van der Waals surface area contributed by atoms with Crippen LogP contribution in [-0.2, 0) is 16.6 Å². The lowest BCUT2D eigenvalue weighted by Crippen LogP contribution is -2.28. The normalized spacial score (nSPS) is 11.7. The Hall–Kier alpha value is -2.91. The third-order valence-corrected chi connectivity index (χ3v) is 6.84. The van der Waals surface area contributed by atoms with Gasteiger partial charge in [-0.2, -0.15) is 4.31 Å². The molecule has 2 aromatic carbocycles. The zero-order valence-electron chi connectivity index (χ0n) is 17.9. The fourth-order valence-electron chi connectivity index (χ4n) is 3.41. The van der Waals surface area contributed by atoms with Crippen molar-refractivity contribution in [3.05, 3.63) is 52.9 Å². The molecular weight excluding hydrogens is 406 g/mol. The van der Waals surface area contributed by atoms with Gasteiger partial charge in [-0.3, -0.25) is 0 Å². The fraction of sp³-hybridized carbons (Fsp3) is 0.333. The molecule has 0 saturated carbocycles. The second-order valence-electron chi connectivity index (χ2n) is 7.06. The molecule has 1 heterocycles. The van der Waals surface area contributed by atoms with Crippen LogP contribution in [0.15, 0.2) is 39.6 Å². The van der Waals surface area contributed by atoms with Crippen molar-refractivity contribution in [2.45, 2.75) is 32.2 Å². The molecule has 160 valence electrons. The number of methoxy groups -OCH3 is 2. The van der Waals surface area contributed by atoms with Crippen LogP contribution in [-0.4, -0.2) is 44.2 Å². The van der Waals surface area contributed by atoms with Gasteiger partial charge in [-0.1, -0.05) is 17.7 Å². The second-order valence-corrected chi connectivity index (χ2v) is 9.04. The van der Waals surface area contributed by atoms with E-state index in [2.05, 4.69) is 10.2 Å². The summed E-state index contributed by atoms with van der Waals surface area (Å²) in [7, 11) is 0.862. The van der Waals surface area contributed by atoms with Gasteiger partial charge in [0.2, 0.25) is 21.8 Å². The first kappa shape index (κ1) is 21.8. The van der Waals surface area contributed by atoms with Crippen LogP contribution in [0, 0.1) is 20.8 Å². The summed E-state index contributed by atoms with van der Waals surface area (Å²) >= 11 is 0. The third-order valence-electron chi connectivity index (χ3n) is 4.73. The van der Waals surface area contributed by atoms with E-state index in [0.29, 0.717) is 33.1 Å². The van der Waals surface area contributed by atoms with E-state index in [-0.39, 0.29) is 18.3 Å². The van der Waals surface area contributed by atoms with Crippen LogP contribution in [0.5, 0.6) is 11.5 Å². The quantitative estimate of drug-likeness (QED) is 0.565. The summed E-state index contributed by atoms with van der Waals surface area (Å²) in [6.07, 6.45) is 0. The number of nitrogens with zero attached hydrogens (tertiary/aromatic N) is 3. The Bertz CT molecular complexity index is 1150. The van der Waals surface area contributed by atoms with Gasteiger partial charge in [0.25, 0.3) is 0 Å². The van der Waals surface area contributed by atoms with E-state index in [0.717, 1.165) is 5.56 Å². The van der Waals surface area contributed by atoms with Gasteiger partial charge < -0.3 is 13.9 Å². The summed E-state index contributed by atoms with van der Waals surface area (Å²) in [5, 5.41) is 8.04. The van der Waals surface area contributed by atoms with Gasteiger partial charge in [0, 0.05) is 12.6 Å². The zero-order valence-corrected chi connectivity index (χ0v) is 18.7. The molecular formula is C21H25N3O5S. The number of sulfonamides is 1. The van der Waals surface area contributed by atoms with Gasteiger partial charge in [-0.25, -0.2) is 8.42 Å². The molecule has 1 aromatic heterocycles. The molecule has 0 saturated heterocycles. The lowest BCUT2D eigenvalue weighted by atomic mass is 10.1. The third kappa shape index (κ3) is 4.17. The topological polar surface area (TPSA) is 94.8 Å². The van der Waals surface area contributed by atoms with Crippen molar-refractivity contribution < 1.29 is 22.3 Å². The van der Waals surface area contributed by atoms with E-state index in [1.165, 1.54) is 18.5 Å². The summed E-state index contributed by atoms with van der Waals surface area (Å²) in [6.45, 7) is 5.48. The predicted octanol–water partition coefficient (Wildman–Crippen LogP) is 3.50. The Morgan fingerprint density at radius 1 is 0.967 bits per heavy atom. The van der Waals surface area contributed by atoms with Crippen LogP contribution in [0.3, 0.4) is 0 Å². The first-order valence-corrected chi connectivity index (χ1v) is 10.7. The Morgan fingerprint density at radius 3 is 2.20 bits per heavy atom. The molecule has 0 amide bonds. The number of benzene rings is 2. The van der Waals surface area contributed by atoms with Crippen LogP contribution >= 0.6 is 0 Å². The predicted molar refractivity (Wildman–Crippen MR) is 112 cm³/mol. The van der Waals surface area contributed by atoms with Gasteiger partial charge in [0.05, 0.1) is 25.7 Å².